The second kappa shape index (κ2) is 9.07. The zero-order valence-corrected chi connectivity index (χ0v) is 15.5. The molecule has 3 heteroatoms. The van der Waals surface area contributed by atoms with Crippen LogP contribution in [0.3, 0.4) is 0 Å². The predicted molar refractivity (Wildman–Crippen MR) is 104 cm³/mol. The Balaban J connectivity index is 1.93. The van der Waals surface area contributed by atoms with Crippen molar-refractivity contribution in [3.8, 4) is 5.75 Å². The maximum atomic E-state index is 12.1. The number of amides is 1. The largest absolute Gasteiger partial charge is 0.497 e. The van der Waals surface area contributed by atoms with Gasteiger partial charge in [0.1, 0.15) is 5.75 Å². The van der Waals surface area contributed by atoms with Crippen molar-refractivity contribution in [3.05, 3.63) is 71.3 Å². The van der Waals surface area contributed by atoms with E-state index in [1.54, 1.807) is 19.3 Å². The van der Waals surface area contributed by atoms with Crippen LogP contribution >= 0.6 is 0 Å². The molecular formula is C22H27NO2. The highest BCUT2D eigenvalue weighted by molar-refractivity contribution is 5.92. The van der Waals surface area contributed by atoms with Crippen molar-refractivity contribution >= 4 is 12.0 Å². The number of ether oxygens (including phenoxy) is 1. The molecule has 0 aliphatic carbocycles. The average molecular weight is 337 g/mol. The van der Waals surface area contributed by atoms with Crippen molar-refractivity contribution in [3.63, 3.8) is 0 Å². The highest BCUT2D eigenvalue weighted by atomic mass is 16.5. The third-order valence-electron chi connectivity index (χ3n) is 4.00. The summed E-state index contributed by atoms with van der Waals surface area (Å²) in [7, 11) is 1.63. The van der Waals surface area contributed by atoms with Crippen molar-refractivity contribution in [2.75, 3.05) is 7.11 Å². The van der Waals surface area contributed by atoms with Gasteiger partial charge >= 0.3 is 0 Å². The number of nitrogens with one attached hydrogen (secondary N) is 1. The number of hydrogen-bond acceptors (Lipinski definition) is 2. The van der Waals surface area contributed by atoms with E-state index in [0.29, 0.717) is 5.92 Å². The molecule has 2 aromatic rings. The van der Waals surface area contributed by atoms with Gasteiger partial charge in [0.15, 0.2) is 0 Å². The van der Waals surface area contributed by atoms with E-state index >= 15 is 0 Å². The van der Waals surface area contributed by atoms with E-state index in [-0.39, 0.29) is 11.9 Å². The molecule has 0 saturated carbocycles. The third kappa shape index (κ3) is 6.11. The van der Waals surface area contributed by atoms with Crippen LogP contribution in [0.25, 0.3) is 6.08 Å². The van der Waals surface area contributed by atoms with Crippen LogP contribution in [0.15, 0.2) is 54.6 Å². The van der Waals surface area contributed by atoms with Crippen molar-refractivity contribution in [1.29, 1.82) is 0 Å². The number of rotatable bonds is 7. The van der Waals surface area contributed by atoms with E-state index in [1.807, 2.05) is 31.2 Å². The van der Waals surface area contributed by atoms with E-state index in [9.17, 15) is 4.79 Å². The van der Waals surface area contributed by atoms with Crippen LogP contribution in [0.2, 0.25) is 0 Å². The molecule has 2 aromatic carbocycles. The van der Waals surface area contributed by atoms with Gasteiger partial charge in [-0.15, -0.1) is 0 Å². The molecule has 0 aliphatic rings. The van der Waals surface area contributed by atoms with Crippen LogP contribution in [-0.2, 0) is 11.2 Å². The quantitative estimate of drug-likeness (QED) is 0.738. The van der Waals surface area contributed by atoms with Crippen LogP contribution in [-0.4, -0.2) is 13.0 Å². The minimum Gasteiger partial charge on any atom is -0.497 e. The van der Waals surface area contributed by atoms with Gasteiger partial charge in [0.05, 0.1) is 13.2 Å². The summed E-state index contributed by atoms with van der Waals surface area (Å²) < 4.78 is 5.18. The lowest BCUT2D eigenvalue weighted by Crippen LogP contribution is -2.24. The zero-order chi connectivity index (χ0) is 18.2. The first-order valence-electron chi connectivity index (χ1n) is 8.69. The van der Waals surface area contributed by atoms with Crippen LogP contribution in [0.4, 0.5) is 0 Å². The number of hydrogen-bond donors (Lipinski definition) is 1. The fourth-order valence-corrected chi connectivity index (χ4v) is 2.68. The molecule has 0 radical (unpaired) electrons. The first kappa shape index (κ1) is 18.8. The molecule has 1 N–H and O–H groups in total. The Bertz CT molecular complexity index is 717. The summed E-state index contributed by atoms with van der Waals surface area (Å²) in [6.45, 7) is 6.42. The van der Waals surface area contributed by atoms with Gasteiger partial charge in [0.25, 0.3) is 0 Å². The summed E-state index contributed by atoms with van der Waals surface area (Å²) in [5, 5.41) is 3.00. The fraction of sp³-hybridized carbons (Fsp3) is 0.318. The summed E-state index contributed by atoms with van der Waals surface area (Å²) >= 11 is 0. The summed E-state index contributed by atoms with van der Waals surface area (Å²) in [6.07, 6.45) is 4.42. The molecule has 0 heterocycles. The van der Waals surface area contributed by atoms with Gasteiger partial charge in [-0.25, -0.2) is 0 Å². The van der Waals surface area contributed by atoms with E-state index < -0.39 is 0 Å². The Hall–Kier alpha value is -2.55. The standard InChI is InChI=1S/C22H27NO2/c1-16(2)14-19-8-11-20(12-9-19)17(3)23-22(24)13-10-18-6-5-7-21(15-18)25-4/h5-13,15-17H,14H2,1-4H3,(H,23,24)/b13-10+/t17-/m0/s1. The number of methoxy groups -OCH3 is 1. The van der Waals surface area contributed by atoms with E-state index in [1.165, 1.54) is 5.56 Å². The van der Waals surface area contributed by atoms with Crippen molar-refractivity contribution in [2.45, 2.75) is 33.2 Å². The lowest BCUT2D eigenvalue weighted by atomic mass is 10.00. The zero-order valence-electron chi connectivity index (χ0n) is 15.5. The van der Waals surface area contributed by atoms with Gasteiger partial charge in [0, 0.05) is 6.08 Å². The Labute approximate surface area is 150 Å². The van der Waals surface area contributed by atoms with Crippen LogP contribution in [0, 0.1) is 5.92 Å². The number of carbonyl (C=O) groups is 1. The molecule has 0 spiro atoms. The normalized spacial score (nSPS) is 12.4. The Morgan fingerprint density at radius 2 is 1.84 bits per heavy atom. The molecule has 0 fully saturated rings. The third-order valence-corrected chi connectivity index (χ3v) is 4.00. The minimum absolute atomic E-state index is 0.0319. The van der Waals surface area contributed by atoms with E-state index in [2.05, 4.69) is 43.4 Å². The smallest absolute Gasteiger partial charge is 0.244 e. The van der Waals surface area contributed by atoms with Crippen LogP contribution in [0.1, 0.15) is 43.5 Å². The number of carbonyl (C=O) groups excluding carboxylic acids is 1. The van der Waals surface area contributed by atoms with Gasteiger partial charge in [-0.1, -0.05) is 50.2 Å². The van der Waals surface area contributed by atoms with E-state index in [0.717, 1.165) is 23.3 Å². The SMILES string of the molecule is COc1cccc(/C=C/C(=O)N[C@@H](C)c2ccc(CC(C)C)cc2)c1. The summed E-state index contributed by atoms with van der Waals surface area (Å²) in [5.74, 6) is 1.31. The summed E-state index contributed by atoms with van der Waals surface area (Å²) in [4.78, 5) is 12.1. The summed E-state index contributed by atoms with van der Waals surface area (Å²) in [6, 6.07) is 16.0. The molecule has 25 heavy (non-hydrogen) atoms. The van der Waals surface area contributed by atoms with Crippen molar-refractivity contribution < 1.29 is 9.53 Å². The monoisotopic (exact) mass is 337 g/mol. The van der Waals surface area contributed by atoms with Gasteiger partial charge in [-0.2, -0.15) is 0 Å². The first-order chi connectivity index (χ1) is 12.0. The molecule has 0 bridgehead atoms. The molecule has 0 aliphatic heterocycles. The molecular weight excluding hydrogens is 310 g/mol. The van der Waals surface area contributed by atoms with Gasteiger partial charge in [0.2, 0.25) is 5.91 Å². The van der Waals surface area contributed by atoms with Crippen LogP contribution < -0.4 is 10.1 Å². The van der Waals surface area contributed by atoms with Gasteiger partial charge in [-0.05, 0) is 54.2 Å². The van der Waals surface area contributed by atoms with Gasteiger partial charge in [-0.3, -0.25) is 4.79 Å². The second-order valence-electron chi connectivity index (χ2n) is 6.68. The molecule has 1 amide bonds. The molecule has 0 aromatic heterocycles. The lowest BCUT2D eigenvalue weighted by Gasteiger charge is -2.14. The maximum absolute atomic E-state index is 12.1. The number of benzene rings is 2. The molecule has 132 valence electrons. The molecule has 1 atom stereocenters. The molecule has 2 rings (SSSR count). The van der Waals surface area contributed by atoms with Crippen LogP contribution in [0.5, 0.6) is 5.75 Å². The maximum Gasteiger partial charge on any atom is 0.244 e. The second-order valence-corrected chi connectivity index (χ2v) is 6.68. The lowest BCUT2D eigenvalue weighted by molar-refractivity contribution is -0.117. The molecule has 3 nitrogen and oxygen atoms in total. The highest BCUT2D eigenvalue weighted by Crippen LogP contribution is 2.16. The van der Waals surface area contributed by atoms with Gasteiger partial charge < -0.3 is 10.1 Å². The predicted octanol–water partition coefficient (Wildman–Crippen LogP) is 4.78. The van der Waals surface area contributed by atoms with Crippen molar-refractivity contribution in [1.82, 2.24) is 5.32 Å². The molecule has 0 saturated heterocycles. The minimum atomic E-state index is -0.110. The Morgan fingerprint density at radius 1 is 1.12 bits per heavy atom. The van der Waals surface area contributed by atoms with E-state index in [4.69, 9.17) is 4.74 Å². The first-order valence-corrected chi connectivity index (χ1v) is 8.69. The Kier molecular flexibility index (Phi) is 6.81. The van der Waals surface area contributed by atoms with Crippen molar-refractivity contribution in [2.24, 2.45) is 5.92 Å². The topological polar surface area (TPSA) is 38.3 Å². The Morgan fingerprint density at radius 3 is 2.48 bits per heavy atom. The fourth-order valence-electron chi connectivity index (χ4n) is 2.68. The molecule has 0 unspecified atom stereocenters. The summed E-state index contributed by atoms with van der Waals surface area (Å²) in [5.41, 5.74) is 3.37. The highest BCUT2D eigenvalue weighted by Gasteiger charge is 2.08. The average Bonchev–Trinajstić information content (AvgIpc) is 2.60.